The zero-order valence-electron chi connectivity index (χ0n) is 57.8. The number of benzene rings is 12. The molecule has 0 atom stereocenters. The SMILES string of the molecule is CCN(CC)c1ccc(N2C(=O)c3ccc4c5c(Oc6cc(C(C)(C)C)cc(C(C)(C)C)c6)cc6c7c(ccc(c8c(Oc9cc(C(C)(C)C)cc(C(C)(C)C)c9)cc(c3c48)C2=O)c75)C(=O)N(c2ccc(-c3cc(-c4ccc(N)cc4)cc(-c4ccc(N)cc4)c3)cc2)C6=O)cc1. The lowest BCUT2D eigenvalue weighted by Crippen LogP contribution is -2.40. The van der Waals surface area contributed by atoms with Crippen LogP contribution in [0.25, 0.3) is 76.5 Å². The molecule has 0 radical (unpaired) electrons. The number of hydrogen-bond acceptors (Lipinski definition) is 9. The molecule has 0 saturated carbocycles. The Morgan fingerprint density at radius 1 is 0.330 bits per heavy atom. The topological polar surface area (TPSA) is 148 Å². The summed E-state index contributed by atoms with van der Waals surface area (Å²) in [5, 5.41) is 4.64. The Labute approximate surface area is 567 Å². The third-order valence-corrected chi connectivity index (χ3v) is 19.6. The summed E-state index contributed by atoms with van der Waals surface area (Å²) in [6.07, 6.45) is 0. The maximum absolute atomic E-state index is 16.1. The normalized spacial score (nSPS) is 13.7. The molecule has 97 heavy (non-hydrogen) atoms. The quantitative estimate of drug-likeness (QED) is 0.0528. The number of imide groups is 2. The summed E-state index contributed by atoms with van der Waals surface area (Å²) in [5.74, 6) is -0.152. The zero-order valence-corrected chi connectivity index (χ0v) is 57.8. The fraction of sp³-hybridized carbons (Fsp3) is 0.233. The number of amides is 4. The number of hydrogen-bond donors (Lipinski definition) is 2. The van der Waals surface area contributed by atoms with Gasteiger partial charge in [0.05, 0.1) is 22.5 Å². The highest BCUT2D eigenvalue weighted by Crippen LogP contribution is 2.54. The Balaban J connectivity index is 1.01. The van der Waals surface area contributed by atoms with Gasteiger partial charge < -0.3 is 25.8 Å². The smallest absolute Gasteiger partial charge is 0.266 e. The van der Waals surface area contributed by atoms with E-state index in [4.69, 9.17) is 20.9 Å². The average Bonchev–Trinajstić information content (AvgIpc) is 0.680. The van der Waals surface area contributed by atoms with E-state index in [1.54, 1.807) is 24.3 Å². The van der Waals surface area contributed by atoms with Crippen molar-refractivity contribution in [2.75, 3.05) is 39.3 Å². The number of nitrogen functional groups attached to an aromatic ring is 2. The monoisotopic (exact) mass is 1280 g/mol. The van der Waals surface area contributed by atoms with Gasteiger partial charge in [0.15, 0.2) is 0 Å². The van der Waals surface area contributed by atoms with Crippen LogP contribution in [0.3, 0.4) is 0 Å². The minimum atomic E-state index is -0.531. The fourth-order valence-corrected chi connectivity index (χ4v) is 14.0. The van der Waals surface area contributed by atoms with Crippen molar-refractivity contribution in [2.45, 2.75) is 119 Å². The molecule has 2 aliphatic heterocycles. The first kappa shape index (κ1) is 63.6. The van der Waals surface area contributed by atoms with Crippen molar-refractivity contribution in [3.8, 4) is 56.4 Å². The molecule has 0 fully saturated rings. The number of carbonyl (C=O) groups excluding carboxylic acids is 4. The van der Waals surface area contributed by atoms with E-state index in [0.29, 0.717) is 100.0 Å². The van der Waals surface area contributed by atoms with Crippen LogP contribution in [0.2, 0.25) is 0 Å². The molecule has 0 aliphatic carbocycles. The molecule has 14 rings (SSSR count). The second kappa shape index (κ2) is 23.0. The second-order valence-electron chi connectivity index (χ2n) is 30.3. The summed E-state index contributed by atoms with van der Waals surface area (Å²) in [6.45, 7) is 31.9. The van der Waals surface area contributed by atoms with Crippen LogP contribution in [-0.2, 0) is 21.7 Å². The first-order valence-corrected chi connectivity index (χ1v) is 33.5. The minimum absolute atomic E-state index is 0.263. The van der Waals surface area contributed by atoms with E-state index < -0.39 is 23.6 Å². The first-order valence-electron chi connectivity index (χ1n) is 33.5. The van der Waals surface area contributed by atoms with Crippen LogP contribution in [0, 0.1) is 0 Å². The van der Waals surface area contributed by atoms with Crippen molar-refractivity contribution in [3.63, 3.8) is 0 Å². The summed E-state index contributed by atoms with van der Waals surface area (Å²) in [6, 6.07) is 60.9. The van der Waals surface area contributed by atoms with Crippen LogP contribution in [0.5, 0.6) is 23.0 Å². The average molecular weight is 1280 g/mol. The van der Waals surface area contributed by atoms with E-state index in [1.165, 1.54) is 9.80 Å². The molecule has 0 bridgehead atoms. The number of nitrogens with two attached hydrogens (primary N) is 2. The van der Waals surface area contributed by atoms with Crippen LogP contribution in [0.1, 0.15) is 161 Å². The molecule has 486 valence electrons. The molecule has 12 aromatic carbocycles. The third kappa shape index (κ3) is 11.0. The Hall–Kier alpha value is -10.8. The van der Waals surface area contributed by atoms with Gasteiger partial charge in [0.2, 0.25) is 0 Å². The molecule has 11 heteroatoms. The van der Waals surface area contributed by atoms with Crippen molar-refractivity contribution < 1.29 is 28.7 Å². The molecule has 4 amide bonds. The molecule has 4 N–H and O–H groups in total. The summed E-state index contributed by atoms with van der Waals surface area (Å²) in [4.78, 5) is 67.7. The number of fused-ring (bicyclic) bond motifs is 2. The highest BCUT2D eigenvalue weighted by atomic mass is 16.5. The molecular formula is C86H81N5O6. The summed E-state index contributed by atoms with van der Waals surface area (Å²) in [7, 11) is 0. The fourth-order valence-electron chi connectivity index (χ4n) is 14.0. The van der Waals surface area contributed by atoms with Crippen LogP contribution in [0.4, 0.5) is 28.4 Å². The molecule has 0 unspecified atom stereocenters. The molecule has 0 aromatic heterocycles. The molecule has 0 spiro atoms. The Morgan fingerprint density at radius 2 is 0.639 bits per heavy atom. The van der Waals surface area contributed by atoms with Crippen LogP contribution in [0.15, 0.2) is 188 Å². The predicted molar refractivity (Wildman–Crippen MR) is 399 cm³/mol. The molecular weight excluding hydrogens is 1200 g/mol. The first-order chi connectivity index (χ1) is 46.0. The van der Waals surface area contributed by atoms with E-state index in [9.17, 15) is 0 Å². The highest BCUT2D eigenvalue weighted by Gasteiger charge is 2.41. The van der Waals surface area contributed by atoms with Gasteiger partial charge in [-0.2, -0.15) is 0 Å². The standard InChI is InChI=1S/C86H81N5O6/c1-15-89(16-2)60-29-31-62(32-30-60)91-80(93)68-36-34-66-75-71(96-63-42-54(83(3,4)5)40-55(43-63)84(6,7)8)46-69-73-67(35-33-65(77(73)75)76-72(47-70(82(91)95)74(68)78(66)76)97-64-44-56(85(9,10)11)41-57(45-64)86(12,13)14)79(92)90(81(69)94)61-27-21-50(22-28-61)53-38-51(48-17-23-58(87)24-18-48)37-52(39-53)49-19-25-59(88)26-20-49/h17-47H,15-16,87-88H2,1-14H3. The maximum atomic E-state index is 16.1. The lowest BCUT2D eigenvalue weighted by Gasteiger charge is -2.32. The highest BCUT2D eigenvalue weighted by molar-refractivity contribution is 6.46. The van der Waals surface area contributed by atoms with Gasteiger partial charge in [0.25, 0.3) is 23.6 Å². The Bertz CT molecular complexity index is 5120. The molecule has 11 nitrogen and oxygen atoms in total. The molecule has 12 aromatic rings. The third-order valence-electron chi connectivity index (χ3n) is 19.6. The largest absolute Gasteiger partial charge is 0.457 e. The lowest BCUT2D eigenvalue weighted by molar-refractivity contribution is 0.0877. The molecule has 2 heterocycles. The van der Waals surface area contributed by atoms with Crippen LogP contribution >= 0.6 is 0 Å². The van der Waals surface area contributed by atoms with Crippen molar-refractivity contribution in [3.05, 3.63) is 233 Å². The van der Waals surface area contributed by atoms with Gasteiger partial charge in [0, 0.05) is 73.6 Å². The van der Waals surface area contributed by atoms with Crippen molar-refractivity contribution >= 4 is 95.2 Å². The van der Waals surface area contributed by atoms with Crippen molar-refractivity contribution in [2.24, 2.45) is 0 Å². The van der Waals surface area contributed by atoms with E-state index in [0.717, 1.165) is 74.4 Å². The molecule has 0 saturated heterocycles. The number of rotatable bonds is 12. The zero-order chi connectivity index (χ0) is 68.7. The summed E-state index contributed by atoms with van der Waals surface area (Å²) >= 11 is 0. The predicted octanol–water partition coefficient (Wildman–Crippen LogP) is 21.1. The van der Waals surface area contributed by atoms with Gasteiger partial charge in [-0.15, -0.1) is 0 Å². The number of nitrogens with zero attached hydrogens (tertiary/aromatic N) is 3. The maximum Gasteiger partial charge on any atom is 0.266 e. The second-order valence-corrected chi connectivity index (χ2v) is 30.3. The molecule has 2 aliphatic rings. The summed E-state index contributed by atoms with van der Waals surface area (Å²) < 4.78 is 14.8. The summed E-state index contributed by atoms with van der Waals surface area (Å²) in [5.41, 5.74) is 25.5. The van der Waals surface area contributed by atoms with E-state index >= 15 is 19.2 Å². The van der Waals surface area contributed by atoms with Crippen LogP contribution in [-0.4, -0.2) is 36.7 Å². The van der Waals surface area contributed by atoms with Gasteiger partial charge in [-0.3, -0.25) is 19.2 Å². The number of carbonyl (C=O) groups is 4. The minimum Gasteiger partial charge on any atom is -0.457 e. The lowest BCUT2D eigenvalue weighted by atomic mass is 9.80. The number of ether oxygens (including phenoxy) is 2. The van der Waals surface area contributed by atoms with Gasteiger partial charge in [0.1, 0.15) is 23.0 Å². The number of anilines is 5. The van der Waals surface area contributed by atoms with Gasteiger partial charge in [-0.25, -0.2) is 9.80 Å². The van der Waals surface area contributed by atoms with E-state index in [-0.39, 0.29) is 32.8 Å². The van der Waals surface area contributed by atoms with E-state index in [1.807, 2.05) is 109 Å². The van der Waals surface area contributed by atoms with Gasteiger partial charge in [-0.1, -0.05) is 144 Å². The Morgan fingerprint density at radius 3 is 0.959 bits per heavy atom. The van der Waals surface area contributed by atoms with Crippen molar-refractivity contribution in [1.82, 2.24) is 0 Å². The van der Waals surface area contributed by atoms with E-state index in [2.05, 4.69) is 156 Å². The Kier molecular flexibility index (Phi) is 15.1. The van der Waals surface area contributed by atoms with Gasteiger partial charge in [-0.05, 0) is 229 Å². The van der Waals surface area contributed by atoms with Crippen LogP contribution < -0.4 is 35.6 Å². The van der Waals surface area contributed by atoms with Gasteiger partial charge >= 0.3 is 0 Å². The van der Waals surface area contributed by atoms with Crippen molar-refractivity contribution in [1.29, 1.82) is 0 Å².